The molecule has 0 spiro atoms. The summed E-state index contributed by atoms with van der Waals surface area (Å²) in [5.74, 6) is -1.87. The number of rotatable bonds is 18. The van der Waals surface area contributed by atoms with Gasteiger partial charge in [0.2, 0.25) is 5.91 Å². The van der Waals surface area contributed by atoms with E-state index in [9.17, 15) is 13.6 Å². The van der Waals surface area contributed by atoms with Crippen molar-refractivity contribution in [3.05, 3.63) is 148 Å². The fourth-order valence-corrected chi connectivity index (χ4v) is 9.61. The summed E-state index contributed by atoms with van der Waals surface area (Å²) in [6.07, 6.45) is 7.95. The van der Waals surface area contributed by atoms with Gasteiger partial charge in [0.1, 0.15) is 6.04 Å². The van der Waals surface area contributed by atoms with E-state index in [1.807, 2.05) is 92.6 Å². The molecule has 314 valence electrons. The maximum Gasteiger partial charge on any atom is 1.00 e. The Bertz CT molecular complexity index is 2350. The van der Waals surface area contributed by atoms with E-state index < -0.39 is 11.5 Å². The third-order valence-electron chi connectivity index (χ3n) is 12.0. The summed E-state index contributed by atoms with van der Waals surface area (Å²) < 4.78 is 28.2. The molecule has 5 aliphatic rings. The minimum absolute atomic E-state index is 0. The molecule has 0 radical (unpaired) electrons. The number of hydrogen-bond donors (Lipinski definition) is 2. The third-order valence-corrected chi connectivity index (χ3v) is 13.2. The van der Waals surface area contributed by atoms with E-state index in [2.05, 4.69) is 64.6 Å². The van der Waals surface area contributed by atoms with Crippen LogP contribution in [0.3, 0.4) is 0 Å². The number of allylic oxidation sites excluding steroid dienone is 2. The summed E-state index contributed by atoms with van der Waals surface area (Å²) in [6, 6.07) is 22.3. The number of anilines is 1. The summed E-state index contributed by atoms with van der Waals surface area (Å²) in [6.45, 7) is 16.9. The normalized spacial score (nSPS) is 19.4. The zero-order chi connectivity index (χ0) is 42.3. The van der Waals surface area contributed by atoms with Crippen LogP contribution in [0.25, 0.3) is 22.3 Å². The molecule has 9 rings (SSSR count). The number of halogens is 2. The number of amides is 1. The predicted molar refractivity (Wildman–Crippen MR) is 240 cm³/mol. The molecule has 1 amide bonds. The van der Waals surface area contributed by atoms with Crippen LogP contribution in [0.15, 0.2) is 110 Å². The van der Waals surface area contributed by atoms with Gasteiger partial charge in [-0.15, -0.1) is 11.3 Å². The van der Waals surface area contributed by atoms with Gasteiger partial charge in [0.15, 0.2) is 0 Å². The van der Waals surface area contributed by atoms with Crippen molar-refractivity contribution in [3.8, 4) is 11.3 Å². The van der Waals surface area contributed by atoms with Crippen LogP contribution in [0.4, 0.5) is 19.6 Å². The molecule has 13 heteroatoms. The van der Waals surface area contributed by atoms with Crippen LogP contribution in [0.2, 0.25) is 0 Å². The van der Waals surface area contributed by atoms with Crippen LogP contribution in [-0.4, -0.2) is 84.6 Å². The molecule has 2 aromatic carbocycles. The molecule has 4 aromatic rings. The van der Waals surface area contributed by atoms with E-state index in [4.69, 9.17) is 10.3 Å². The number of carbonyl (C=O) groups excluding carboxylic acids is 1. The molecule has 5 heterocycles. The van der Waals surface area contributed by atoms with Gasteiger partial charge in [-0.2, -0.15) is 0 Å². The minimum Gasteiger partial charge on any atom is -0.455 e. The Labute approximate surface area is 406 Å². The number of piperazine rings is 1. The number of thiophene rings is 1. The van der Waals surface area contributed by atoms with Crippen LogP contribution in [-0.2, 0) is 29.6 Å². The average Bonchev–Trinajstić information content (AvgIpc) is 3.69. The quantitative estimate of drug-likeness (QED) is 0.0545. The minimum atomic E-state index is -2.67. The number of nitrogens with one attached hydrogen (secondary N) is 2. The van der Waals surface area contributed by atoms with Crippen molar-refractivity contribution < 1.29 is 65.0 Å². The number of piperidine rings is 1. The second-order valence-corrected chi connectivity index (χ2v) is 18.3. The zero-order valence-electron chi connectivity index (χ0n) is 36.1. The van der Waals surface area contributed by atoms with Crippen molar-refractivity contribution in [1.29, 1.82) is 0 Å². The first-order valence-corrected chi connectivity index (χ1v) is 21.6. The molecule has 3 aliphatic heterocycles. The molecule has 2 bridgehead atoms. The van der Waals surface area contributed by atoms with E-state index in [1.54, 1.807) is 11.3 Å². The van der Waals surface area contributed by atoms with Gasteiger partial charge in [0, 0.05) is 54.9 Å². The second kappa shape index (κ2) is 18.6. The number of likely N-dealkylation sites (N-methyl/N-ethyl adjacent to an activating group) is 1. The predicted octanol–water partition coefficient (Wildman–Crippen LogP) is 6.07. The fraction of sp³-hybridized carbons (Fsp3) is 0.375. The Morgan fingerprint density at radius 3 is 2.57 bits per heavy atom. The molecule has 2 N–H and O–H groups in total. The maximum atomic E-state index is 14.1. The topological polar surface area (TPSA) is 81.1 Å². The Morgan fingerprint density at radius 1 is 1.03 bits per heavy atom. The van der Waals surface area contributed by atoms with Crippen LogP contribution in [0, 0.1) is 6.92 Å². The fourth-order valence-electron chi connectivity index (χ4n) is 8.59. The monoisotopic (exact) mass is 868 g/mol. The van der Waals surface area contributed by atoms with E-state index in [0.717, 1.165) is 99.8 Å². The van der Waals surface area contributed by atoms with Gasteiger partial charge < -0.3 is 30.8 Å². The number of fused-ring (bicyclic) bond motifs is 3. The molecule has 4 fully saturated rings. The number of aromatic nitrogens is 1. The summed E-state index contributed by atoms with van der Waals surface area (Å²) >= 11 is 1.68. The van der Waals surface area contributed by atoms with Crippen molar-refractivity contribution in [2.24, 2.45) is 0 Å². The average molecular weight is 869 g/mol. The zero-order valence-corrected chi connectivity index (χ0v) is 40.0. The van der Waals surface area contributed by atoms with E-state index >= 15 is 0 Å². The van der Waals surface area contributed by atoms with Crippen LogP contribution >= 0.6 is 11.3 Å². The first kappa shape index (κ1) is 45.4. The van der Waals surface area contributed by atoms with Crippen molar-refractivity contribution in [3.63, 3.8) is 0 Å². The van der Waals surface area contributed by atoms with Gasteiger partial charge in [-0.05, 0) is 122 Å². The largest absolute Gasteiger partial charge is 1.00 e. The van der Waals surface area contributed by atoms with E-state index in [1.165, 1.54) is 4.88 Å². The molecular formula is C48H55F2KN8OS. The molecule has 2 unspecified atom stereocenters. The summed E-state index contributed by atoms with van der Waals surface area (Å²) in [5, 5.41) is 11.5. The molecular weight excluding hydrogens is 814 g/mol. The molecule has 1 saturated carbocycles. The molecule has 2 aliphatic carbocycles. The number of benzene rings is 2. The van der Waals surface area contributed by atoms with Crippen molar-refractivity contribution in [2.45, 2.75) is 75.4 Å². The van der Waals surface area contributed by atoms with Gasteiger partial charge in [-0.25, -0.2) is 13.8 Å². The number of hydrazine groups is 1. The van der Waals surface area contributed by atoms with Gasteiger partial charge in [0.05, 0.1) is 17.7 Å². The van der Waals surface area contributed by atoms with Crippen molar-refractivity contribution in [2.75, 3.05) is 45.8 Å². The van der Waals surface area contributed by atoms with Crippen LogP contribution in [0.1, 0.15) is 58.4 Å². The maximum absolute atomic E-state index is 14.1. The number of carbonyl (C=O) groups is 1. The standard InChI is InChI=1S/C48H55F2N8OS.K/c1-31-13-19-43(53-47(21-22-47)39-16-15-37-27-48(49,50)28-38(37)25-39)52-45(31)36-12-8-11-35(24-36)34(4)51-30-56(7)54-32(2)14-17-41-18-20-44(60-41)57-29-40-26-42(46(57)59)58(40)33(3)10-9-23-55(5)6;/h8-13,15-16,18-20,24-25,40,42,51,54H,2-4,14,17,21-23,26-30H2,1,5-7H3;/q-1;+1/b10-9+;. The molecule has 3 saturated heterocycles. The Morgan fingerprint density at radius 2 is 1.82 bits per heavy atom. The first-order chi connectivity index (χ1) is 28.7. The number of aryl methyl sites for hydroxylation is 2. The van der Waals surface area contributed by atoms with Crippen molar-refractivity contribution >= 4 is 33.8 Å². The van der Waals surface area contributed by atoms with Gasteiger partial charge >= 0.3 is 51.4 Å². The Hall–Kier alpha value is -3.66. The molecule has 2 aromatic heterocycles. The van der Waals surface area contributed by atoms with E-state index in [0.29, 0.717) is 25.1 Å². The second-order valence-electron chi connectivity index (χ2n) is 17.1. The first-order valence-electron chi connectivity index (χ1n) is 20.8. The van der Waals surface area contributed by atoms with E-state index in [-0.39, 0.29) is 76.2 Å². The number of nitrogens with zero attached hydrogens (tertiary/aromatic N) is 6. The molecule has 2 atom stereocenters. The third kappa shape index (κ3) is 10.3. The summed E-state index contributed by atoms with van der Waals surface area (Å²) in [5.41, 5.74) is 11.8. The van der Waals surface area contributed by atoms with Gasteiger partial charge in [-0.3, -0.25) is 9.69 Å². The van der Waals surface area contributed by atoms with Gasteiger partial charge in [0.25, 0.3) is 5.92 Å². The van der Waals surface area contributed by atoms with Gasteiger partial charge in [-0.1, -0.05) is 80.2 Å². The molecule has 61 heavy (non-hydrogen) atoms. The Balaban J connectivity index is 0.00000561. The SMILES string of the molecule is C=C(CCc1ccc(N2CC3CC(C2=O)N3C(=C)/C=C/CN(C)C)s1)NN(C)CNC(=C)c1cccc(-c2nc([N-]C3(c4ccc5c(c4)CC(F)(F)C5)CC3)ccc2C)c1.[K+]. The summed E-state index contributed by atoms with van der Waals surface area (Å²) in [7, 11) is 6.02. The van der Waals surface area contributed by atoms with Crippen molar-refractivity contribution in [1.82, 2.24) is 30.5 Å². The molecule has 9 nitrogen and oxygen atoms in total. The Kier molecular flexibility index (Phi) is 13.8. The number of hydrogen-bond acceptors (Lipinski definition) is 8. The number of alkyl halides is 2. The van der Waals surface area contributed by atoms with Crippen LogP contribution < -0.4 is 67.0 Å². The van der Waals surface area contributed by atoms with Crippen LogP contribution in [0.5, 0.6) is 0 Å². The number of pyridine rings is 1. The summed E-state index contributed by atoms with van der Waals surface area (Å²) in [4.78, 5) is 25.9. The smallest absolute Gasteiger partial charge is 0.455 e.